The Morgan fingerprint density at radius 3 is 2.23 bits per heavy atom. The summed E-state index contributed by atoms with van der Waals surface area (Å²) in [7, 11) is 0. The summed E-state index contributed by atoms with van der Waals surface area (Å²) >= 11 is 0. The Hall–Kier alpha value is -3.42. The third-order valence-corrected chi connectivity index (χ3v) is 4.10. The number of nitrogens with one attached hydrogen (secondary N) is 3. The van der Waals surface area contributed by atoms with Gasteiger partial charge in [-0.15, -0.1) is 0 Å². The molecule has 0 unspecified atom stereocenters. The molecule has 0 heterocycles. The summed E-state index contributed by atoms with van der Waals surface area (Å²) in [6.07, 6.45) is -0.594. The normalized spacial score (nSPS) is 10.8. The van der Waals surface area contributed by atoms with Crippen molar-refractivity contribution in [2.24, 2.45) is 0 Å². The summed E-state index contributed by atoms with van der Waals surface area (Å²) in [5, 5.41) is 8.04. The van der Waals surface area contributed by atoms with Gasteiger partial charge in [0.15, 0.2) is 0 Å². The van der Waals surface area contributed by atoms with E-state index in [0.717, 1.165) is 0 Å². The van der Waals surface area contributed by atoms with Crippen molar-refractivity contribution in [2.75, 3.05) is 11.9 Å². The second kappa shape index (κ2) is 11.1. The van der Waals surface area contributed by atoms with E-state index in [1.165, 1.54) is 6.07 Å². The molecule has 7 nitrogen and oxygen atoms in total. The predicted octanol–water partition coefficient (Wildman–Crippen LogP) is 3.54. The van der Waals surface area contributed by atoms with Gasteiger partial charge in [-0.05, 0) is 44.0 Å². The first-order chi connectivity index (χ1) is 14.6. The lowest BCUT2D eigenvalue weighted by molar-refractivity contribution is -0.120. The van der Waals surface area contributed by atoms with Crippen LogP contribution >= 0.6 is 0 Å². The fourth-order valence-electron chi connectivity index (χ4n) is 2.67. The molecule has 0 aliphatic heterocycles. The number of benzene rings is 2. The Labute approximate surface area is 181 Å². The van der Waals surface area contributed by atoms with Crippen LogP contribution in [-0.2, 0) is 27.3 Å². The summed E-state index contributed by atoms with van der Waals surface area (Å²) in [4.78, 5) is 36.0. The van der Waals surface area contributed by atoms with Gasteiger partial charge in [0.05, 0.1) is 6.42 Å². The highest BCUT2D eigenvalue weighted by atomic mass is 19.1. The smallest absolute Gasteiger partial charge is 0.407 e. The number of carbonyl (C=O) groups is 3. The van der Waals surface area contributed by atoms with Gasteiger partial charge in [0.1, 0.15) is 11.4 Å². The highest BCUT2D eigenvalue weighted by molar-refractivity contribution is 5.92. The van der Waals surface area contributed by atoms with Crippen LogP contribution in [-0.4, -0.2) is 30.1 Å². The van der Waals surface area contributed by atoms with Gasteiger partial charge in [0.25, 0.3) is 0 Å². The molecule has 2 rings (SSSR count). The number of carbonyl (C=O) groups excluding carboxylic acids is 3. The van der Waals surface area contributed by atoms with Gasteiger partial charge >= 0.3 is 6.09 Å². The molecular formula is C23H28FN3O4. The molecule has 2 aromatic carbocycles. The van der Waals surface area contributed by atoms with Gasteiger partial charge in [-0.3, -0.25) is 9.59 Å². The monoisotopic (exact) mass is 429 g/mol. The van der Waals surface area contributed by atoms with Crippen LogP contribution < -0.4 is 16.0 Å². The lowest BCUT2D eigenvalue weighted by Crippen LogP contribution is -2.34. The van der Waals surface area contributed by atoms with Crippen molar-refractivity contribution in [1.29, 1.82) is 0 Å². The van der Waals surface area contributed by atoms with Crippen LogP contribution in [0.4, 0.5) is 14.9 Å². The van der Waals surface area contributed by atoms with Crippen molar-refractivity contribution < 1.29 is 23.5 Å². The second-order valence-electron chi connectivity index (χ2n) is 7.93. The summed E-state index contributed by atoms with van der Waals surface area (Å²) < 4.78 is 18.8. The Kier molecular flexibility index (Phi) is 8.54. The first-order valence-corrected chi connectivity index (χ1v) is 9.99. The molecule has 0 aliphatic rings. The Balaban J connectivity index is 1.83. The Morgan fingerprint density at radius 2 is 1.55 bits per heavy atom. The van der Waals surface area contributed by atoms with Crippen LogP contribution in [0, 0.1) is 5.82 Å². The standard InChI is InChI=1S/C23H28FN3O4/c1-23(2,3)31-22(30)25-13-12-20(28)27-19-11-7-5-9-17(19)15-26-21(29)14-16-8-4-6-10-18(16)24/h4-11H,12-15H2,1-3H3,(H,25,30)(H,26,29)(H,27,28). The van der Waals surface area contributed by atoms with Gasteiger partial charge in [-0.2, -0.15) is 0 Å². The largest absolute Gasteiger partial charge is 0.444 e. The fourth-order valence-corrected chi connectivity index (χ4v) is 2.67. The van der Waals surface area contributed by atoms with Crippen molar-refractivity contribution in [3.63, 3.8) is 0 Å². The van der Waals surface area contributed by atoms with Crippen molar-refractivity contribution in [3.05, 3.63) is 65.5 Å². The van der Waals surface area contributed by atoms with E-state index in [-0.39, 0.29) is 37.7 Å². The number of rotatable bonds is 8. The third-order valence-electron chi connectivity index (χ3n) is 4.10. The molecule has 0 fully saturated rings. The molecule has 0 radical (unpaired) electrons. The molecule has 0 aromatic heterocycles. The van der Waals surface area contributed by atoms with Gasteiger partial charge < -0.3 is 20.7 Å². The maximum Gasteiger partial charge on any atom is 0.407 e. The summed E-state index contributed by atoms with van der Waals surface area (Å²) in [6.45, 7) is 5.57. The minimum atomic E-state index is -0.609. The van der Waals surface area contributed by atoms with E-state index in [1.807, 2.05) is 0 Å². The number of hydrogen-bond donors (Lipinski definition) is 3. The summed E-state index contributed by atoms with van der Waals surface area (Å²) in [5.74, 6) is -1.04. The van der Waals surface area contributed by atoms with E-state index in [0.29, 0.717) is 16.8 Å². The number of para-hydroxylation sites is 1. The number of ether oxygens (including phenoxy) is 1. The zero-order valence-corrected chi connectivity index (χ0v) is 18.0. The van der Waals surface area contributed by atoms with Crippen molar-refractivity contribution in [3.8, 4) is 0 Å². The lowest BCUT2D eigenvalue weighted by Gasteiger charge is -2.19. The van der Waals surface area contributed by atoms with E-state index in [2.05, 4.69) is 16.0 Å². The van der Waals surface area contributed by atoms with Crippen LogP contribution in [0.15, 0.2) is 48.5 Å². The molecule has 166 valence electrons. The third kappa shape index (κ3) is 8.86. The van der Waals surface area contributed by atoms with Crippen LogP contribution in [0.5, 0.6) is 0 Å². The Morgan fingerprint density at radius 1 is 0.903 bits per heavy atom. The minimum Gasteiger partial charge on any atom is -0.444 e. The van der Waals surface area contributed by atoms with Crippen LogP contribution in [0.25, 0.3) is 0 Å². The fraction of sp³-hybridized carbons (Fsp3) is 0.348. The zero-order valence-electron chi connectivity index (χ0n) is 18.0. The molecule has 3 N–H and O–H groups in total. The second-order valence-corrected chi connectivity index (χ2v) is 7.93. The molecule has 3 amide bonds. The molecule has 0 spiro atoms. The average Bonchev–Trinajstić information content (AvgIpc) is 2.67. The quantitative estimate of drug-likeness (QED) is 0.598. The van der Waals surface area contributed by atoms with Crippen molar-refractivity contribution in [1.82, 2.24) is 10.6 Å². The van der Waals surface area contributed by atoms with Gasteiger partial charge in [-0.1, -0.05) is 36.4 Å². The summed E-state index contributed by atoms with van der Waals surface area (Å²) in [6, 6.07) is 13.2. The average molecular weight is 429 g/mol. The predicted molar refractivity (Wildman–Crippen MR) is 116 cm³/mol. The van der Waals surface area contributed by atoms with Gasteiger partial charge in [0, 0.05) is 25.2 Å². The highest BCUT2D eigenvalue weighted by Gasteiger charge is 2.16. The van der Waals surface area contributed by atoms with E-state index in [4.69, 9.17) is 4.74 Å². The Bertz CT molecular complexity index is 925. The number of alkyl carbamates (subject to hydrolysis) is 1. The first kappa shape index (κ1) is 23.9. The molecule has 0 saturated carbocycles. The summed E-state index contributed by atoms with van der Waals surface area (Å²) in [5.41, 5.74) is 0.968. The van der Waals surface area contributed by atoms with Crippen LogP contribution in [0.1, 0.15) is 38.3 Å². The van der Waals surface area contributed by atoms with E-state index >= 15 is 0 Å². The molecule has 0 bridgehead atoms. The maximum absolute atomic E-state index is 13.7. The first-order valence-electron chi connectivity index (χ1n) is 9.99. The molecule has 0 aliphatic carbocycles. The topological polar surface area (TPSA) is 96.5 Å². The van der Waals surface area contributed by atoms with Gasteiger partial charge in [-0.25, -0.2) is 9.18 Å². The molecular weight excluding hydrogens is 401 g/mol. The zero-order chi connectivity index (χ0) is 22.9. The SMILES string of the molecule is CC(C)(C)OC(=O)NCCC(=O)Nc1ccccc1CNC(=O)Cc1ccccc1F. The van der Waals surface area contributed by atoms with Crippen LogP contribution in [0.3, 0.4) is 0 Å². The molecule has 31 heavy (non-hydrogen) atoms. The molecule has 0 atom stereocenters. The van der Waals surface area contributed by atoms with E-state index in [9.17, 15) is 18.8 Å². The maximum atomic E-state index is 13.7. The van der Waals surface area contributed by atoms with Crippen molar-refractivity contribution >= 4 is 23.6 Å². The van der Waals surface area contributed by atoms with E-state index in [1.54, 1.807) is 63.2 Å². The number of halogens is 1. The van der Waals surface area contributed by atoms with Crippen LogP contribution in [0.2, 0.25) is 0 Å². The number of anilines is 1. The highest BCUT2D eigenvalue weighted by Crippen LogP contribution is 2.15. The van der Waals surface area contributed by atoms with E-state index < -0.39 is 17.5 Å². The molecule has 2 aromatic rings. The van der Waals surface area contributed by atoms with Gasteiger partial charge in [0.2, 0.25) is 11.8 Å². The minimum absolute atomic E-state index is 0.0627. The molecule has 0 saturated heterocycles. The van der Waals surface area contributed by atoms with Crippen molar-refractivity contribution in [2.45, 2.75) is 45.8 Å². The number of amides is 3. The lowest BCUT2D eigenvalue weighted by atomic mass is 10.1. The number of hydrogen-bond acceptors (Lipinski definition) is 4. The molecule has 8 heteroatoms.